The number of hydrogen-bond acceptors (Lipinski definition) is 4. The van der Waals surface area contributed by atoms with Crippen LogP contribution in [0.1, 0.15) is 42.5 Å². The topological polar surface area (TPSA) is 44.8 Å². The fraction of sp³-hybridized carbons (Fsp3) is 0.562. The molecule has 4 nitrogen and oxygen atoms in total. The van der Waals surface area contributed by atoms with Crippen molar-refractivity contribution >= 4 is 30.0 Å². The number of ether oxygens (including phenoxy) is 3. The zero-order chi connectivity index (χ0) is 16.1. The van der Waals surface area contributed by atoms with E-state index >= 15 is 0 Å². The molecule has 1 saturated carbocycles. The Morgan fingerprint density at radius 1 is 1.09 bits per heavy atom. The van der Waals surface area contributed by atoms with E-state index in [0.717, 1.165) is 21.4 Å². The summed E-state index contributed by atoms with van der Waals surface area (Å²) in [5.41, 5.74) is 0.921. The van der Waals surface area contributed by atoms with Crippen LogP contribution in [0.3, 0.4) is 0 Å². The Morgan fingerprint density at radius 3 is 2.22 bits per heavy atom. The molecule has 0 saturated heterocycles. The van der Waals surface area contributed by atoms with Crippen molar-refractivity contribution in [1.29, 1.82) is 0 Å². The van der Waals surface area contributed by atoms with E-state index in [1.807, 2.05) is 0 Å². The van der Waals surface area contributed by atoms with Crippen LogP contribution in [-0.2, 0) is 0 Å². The summed E-state index contributed by atoms with van der Waals surface area (Å²) in [7, 11) is 5.47. The number of methoxy groups -OCH3 is 3. The first-order chi connectivity index (χ1) is 10.6. The van der Waals surface area contributed by atoms with Crippen LogP contribution in [0.4, 0.5) is 0 Å². The summed E-state index contributed by atoms with van der Waals surface area (Å²) < 4.78 is 16.9. The van der Waals surface area contributed by atoms with E-state index in [2.05, 4.69) is 15.9 Å². The molecule has 1 aliphatic carbocycles. The second kappa shape index (κ2) is 9.94. The monoisotopic (exact) mass is 394 g/mol. The fourth-order valence-electron chi connectivity index (χ4n) is 2.78. The van der Waals surface area contributed by atoms with E-state index in [1.54, 1.807) is 27.4 Å². The maximum Gasteiger partial charge on any atom is 1.00 e. The number of rotatable bonds is 6. The Morgan fingerprint density at radius 2 is 1.70 bits per heavy atom. The quantitative estimate of drug-likeness (QED) is 0.546. The van der Waals surface area contributed by atoms with Crippen LogP contribution in [0, 0.1) is 0 Å². The van der Waals surface area contributed by atoms with E-state index in [9.17, 15) is 4.79 Å². The smallest absolute Gasteiger partial charge is 0.495 e. The molecule has 0 N–H and O–H groups in total. The Hall–Kier alpha value is -0.203. The van der Waals surface area contributed by atoms with Crippen molar-refractivity contribution in [2.24, 2.45) is 0 Å². The minimum absolute atomic E-state index is 0. The summed E-state index contributed by atoms with van der Waals surface area (Å²) in [5, 5.41) is 0. The Bertz CT molecular complexity index is 547. The molecule has 0 aromatic heterocycles. The number of halogens is 1. The molecule has 0 aliphatic heterocycles. The van der Waals surface area contributed by atoms with Crippen molar-refractivity contribution in [2.45, 2.75) is 37.8 Å². The zero-order valence-corrected chi connectivity index (χ0v) is 16.6. The van der Waals surface area contributed by atoms with E-state index in [-0.39, 0.29) is 24.4 Å². The summed E-state index contributed by atoms with van der Waals surface area (Å²) >= 11 is 3.44. The molecule has 1 aromatic rings. The molecule has 23 heavy (non-hydrogen) atoms. The minimum atomic E-state index is 0. The van der Waals surface area contributed by atoms with E-state index in [4.69, 9.17) is 14.2 Å². The van der Waals surface area contributed by atoms with Crippen LogP contribution in [0.2, 0.25) is 0 Å². The summed E-state index contributed by atoms with van der Waals surface area (Å²) in [6.45, 7) is 0. The normalized spacial score (nSPS) is 15.3. The predicted octanol–water partition coefficient (Wildman–Crippen LogP) is 1.90. The van der Waals surface area contributed by atoms with Crippen molar-refractivity contribution in [1.82, 2.24) is 0 Å². The average molecular weight is 395 g/mol. The standard InChI is InChI=1S/C16H21BrO4P.Li/c1-19-12-9-11(17)14(20-2)13(15(12)21-3)16(18)22-10-7-5-4-6-8-10;/h9-10H,4-8H2,1-3H3;/q-1;+1. The molecule has 0 unspecified atom stereocenters. The maximum absolute atomic E-state index is 12.8. The molecule has 7 heteroatoms. The van der Waals surface area contributed by atoms with Gasteiger partial charge in [-0.05, 0) is 15.9 Å². The van der Waals surface area contributed by atoms with Gasteiger partial charge in [0.05, 0.1) is 31.4 Å². The first kappa shape index (κ1) is 20.8. The molecule has 0 spiro atoms. The molecule has 0 atom stereocenters. The average Bonchev–Trinajstić information content (AvgIpc) is 2.54. The van der Waals surface area contributed by atoms with Crippen LogP contribution >= 0.6 is 24.5 Å². The second-order valence-corrected chi connectivity index (χ2v) is 7.48. The van der Waals surface area contributed by atoms with Crippen LogP contribution < -0.4 is 33.1 Å². The molecule has 1 fully saturated rings. The van der Waals surface area contributed by atoms with Crippen molar-refractivity contribution in [3.8, 4) is 17.2 Å². The van der Waals surface area contributed by atoms with Crippen molar-refractivity contribution in [3.05, 3.63) is 16.1 Å². The molecule has 0 amide bonds. The Balaban J connectivity index is 0.00000264. The molecule has 0 bridgehead atoms. The third-order valence-corrected chi connectivity index (χ3v) is 5.80. The van der Waals surface area contributed by atoms with E-state index < -0.39 is 0 Å². The number of hydrogen-bond donors (Lipinski definition) is 0. The van der Waals surface area contributed by atoms with E-state index in [1.165, 1.54) is 19.3 Å². The number of benzene rings is 1. The van der Waals surface area contributed by atoms with Crippen molar-refractivity contribution in [2.75, 3.05) is 21.3 Å². The SMILES string of the molecule is COc1cc(Br)c(OC)c(C(=O)[P-]C2CCCCC2)c1OC.[Li+]. The first-order valence-electron chi connectivity index (χ1n) is 7.36. The van der Waals surface area contributed by atoms with Gasteiger partial charge in [0.25, 0.3) is 0 Å². The van der Waals surface area contributed by atoms with Gasteiger partial charge in [-0.3, -0.25) is 0 Å². The van der Waals surface area contributed by atoms with Crippen LogP contribution in [0.25, 0.3) is 0 Å². The van der Waals surface area contributed by atoms with Gasteiger partial charge in [0.1, 0.15) is 5.75 Å². The van der Waals surface area contributed by atoms with Gasteiger partial charge >= 0.3 is 18.9 Å². The molecule has 0 heterocycles. The molecule has 0 radical (unpaired) electrons. The van der Waals surface area contributed by atoms with Gasteiger partial charge in [-0.2, -0.15) is 5.66 Å². The molecule has 2 rings (SSSR count). The summed E-state index contributed by atoms with van der Waals surface area (Å²) in [6.07, 6.45) is 5.92. The largest absolute Gasteiger partial charge is 1.00 e. The van der Waals surface area contributed by atoms with E-state index in [0.29, 0.717) is 32.9 Å². The third kappa shape index (κ3) is 4.89. The second-order valence-electron chi connectivity index (χ2n) is 5.23. The molecular formula is C16H21BrLiO4P. The van der Waals surface area contributed by atoms with Gasteiger partial charge in [-0.25, -0.2) is 0 Å². The first-order valence-corrected chi connectivity index (χ1v) is 9.11. The van der Waals surface area contributed by atoms with Gasteiger partial charge in [-0.15, -0.1) is 0 Å². The van der Waals surface area contributed by atoms with Crippen LogP contribution in [-0.4, -0.2) is 32.5 Å². The molecule has 1 aromatic carbocycles. The number of carbonyl (C=O) groups excluding carboxylic acids is 1. The van der Waals surface area contributed by atoms with Crippen LogP contribution in [0.5, 0.6) is 17.2 Å². The Kier molecular flexibility index (Phi) is 9.01. The minimum Gasteiger partial charge on any atom is -0.495 e. The molecule has 122 valence electrons. The van der Waals surface area contributed by atoms with Gasteiger partial charge in [0.15, 0.2) is 11.5 Å². The zero-order valence-electron chi connectivity index (χ0n) is 14.1. The summed E-state index contributed by atoms with van der Waals surface area (Å²) in [4.78, 5) is 12.8. The molecule has 1 aliphatic rings. The Labute approximate surface area is 160 Å². The fourth-order valence-corrected chi connectivity index (χ4v) is 4.64. The predicted molar refractivity (Wildman–Crippen MR) is 91.9 cm³/mol. The van der Waals surface area contributed by atoms with Crippen LogP contribution in [0.15, 0.2) is 10.5 Å². The van der Waals surface area contributed by atoms with Gasteiger partial charge in [-0.1, -0.05) is 32.1 Å². The maximum atomic E-state index is 12.8. The van der Waals surface area contributed by atoms with Crippen molar-refractivity contribution < 1.29 is 37.9 Å². The summed E-state index contributed by atoms with van der Waals surface area (Å²) in [5.74, 6) is 1.47. The third-order valence-electron chi connectivity index (χ3n) is 3.87. The molecular weight excluding hydrogens is 374 g/mol. The van der Waals surface area contributed by atoms with Gasteiger partial charge < -0.3 is 27.6 Å². The summed E-state index contributed by atoms with van der Waals surface area (Å²) in [6, 6.07) is 1.76. The van der Waals surface area contributed by atoms with Gasteiger partial charge in [0, 0.05) is 11.6 Å². The van der Waals surface area contributed by atoms with Crippen molar-refractivity contribution in [3.63, 3.8) is 0 Å². The van der Waals surface area contributed by atoms with Gasteiger partial charge in [0.2, 0.25) is 0 Å². The number of carbonyl (C=O) groups is 1.